The molecule has 1 aromatic heterocycles. The Balaban J connectivity index is 1.38. The lowest BCUT2D eigenvalue weighted by Gasteiger charge is -2.13. The van der Waals surface area contributed by atoms with Crippen LogP contribution in [0.15, 0.2) is 107 Å². The van der Waals surface area contributed by atoms with Crippen molar-refractivity contribution in [1.29, 1.82) is 0 Å². The summed E-state index contributed by atoms with van der Waals surface area (Å²) in [5.41, 5.74) is 1.54. The summed E-state index contributed by atoms with van der Waals surface area (Å²) >= 11 is 2.76. The Morgan fingerprint density at radius 2 is 1.55 bits per heavy atom. The molecule has 0 aliphatic heterocycles. The Kier molecular flexibility index (Phi) is 9.50. The van der Waals surface area contributed by atoms with Crippen molar-refractivity contribution in [3.05, 3.63) is 118 Å². The maximum Gasteiger partial charge on any atom is 0.335 e. The van der Waals surface area contributed by atoms with Gasteiger partial charge in [0.25, 0.3) is 11.8 Å². The largest absolute Gasteiger partial charge is 0.478 e. The van der Waals surface area contributed by atoms with Gasteiger partial charge < -0.3 is 21.1 Å². The van der Waals surface area contributed by atoms with Crippen molar-refractivity contribution in [2.75, 3.05) is 10.6 Å². The first-order valence-corrected chi connectivity index (χ1v) is 13.9. The van der Waals surface area contributed by atoms with Crippen LogP contribution in [-0.4, -0.2) is 34.0 Å². The molecule has 3 amide bonds. The van der Waals surface area contributed by atoms with E-state index in [1.165, 1.54) is 35.2 Å². The first-order valence-electron chi connectivity index (χ1n) is 12.1. The minimum atomic E-state index is -1.07. The predicted octanol–water partition coefficient (Wildman–Crippen LogP) is 5.98. The van der Waals surface area contributed by atoms with Gasteiger partial charge in [-0.05, 0) is 79.0 Å². The zero-order chi connectivity index (χ0) is 28.5. The molecule has 4 aromatic rings. The number of aromatic carboxylic acids is 1. The highest BCUT2D eigenvalue weighted by Crippen LogP contribution is 2.26. The first kappa shape index (κ1) is 28.3. The van der Waals surface area contributed by atoms with Gasteiger partial charge in [-0.2, -0.15) is 0 Å². The van der Waals surface area contributed by atoms with Crippen LogP contribution < -0.4 is 16.0 Å². The smallest absolute Gasteiger partial charge is 0.335 e. The van der Waals surface area contributed by atoms with Crippen LogP contribution in [0.2, 0.25) is 0 Å². The van der Waals surface area contributed by atoms with E-state index in [2.05, 4.69) is 16.0 Å². The summed E-state index contributed by atoms with van der Waals surface area (Å²) in [7, 11) is 0. The van der Waals surface area contributed by atoms with Crippen molar-refractivity contribution in [3.8, 4) is 0 Å². The fourth-order valence-corrected chi connectivity index (χ4v) is 5.03. The SMILES string of the molecule is CC(Sc1ccc(NC(=O)/C(=C/c2cccs2)NC(=O)c2ccccc2)cc1)C(=O)Nc1cccc(C(=O)O)c1. The molecule has 0 aliphatic rings. The standard InChI is InChI=1S/C30H25N3O5S2/c1-19(27(34)32-23-10-5-9-21(17-23)30(37)38)40-24-14-12-22(13-15-24)31-29(36)26(18-25-11-6-16-39-25)33-28(35)20-7-3-2-4-8-20/h2-19H,1H3,(H,31,36)(H,32,34)(H,33,35)(H,37,38)/b26-18-. The molecule has 8 nitrogen and oxygen atoms in total. The second-order valence-corrected chi connectivity index (χ2v) is 10.9. The maximum atomic E-state index is 13.1. The minimum Gasteiger partial charge on any atom is -0.478 e. The number of hydrogen-bond acceptors (Lipinski definition) is 6. The zero-order valence-corrected chi connectivity index (χ0v) is 22.9. The number of amides is 3. The molecule has 4 N–H and O–H groups in total. The Morgan fingerprint density at radius 1 is 0.825 bits per heavy atom. The number of anilines is 2. The first-order chi connectivity index (χ1) is 19.3. The van der Waals surface area contributed by atoms with E-state index in [1.807, 2.05) is 17.5 Å². The second kappa shape index (κ2) is 13.4. The van der Waals surface area contributed by atoms with E-state index in [-0.39, 0.29) is 17.2 Å². The van der Waals surface area contributed by atoms with Gasteiger partial charge in [0, 0.05) is 26.7 Å². The van der Waals surface area contributed by atoms with Crippen LogP contribution in [0.4, 0.5) is 11.4 Å². The average Bonchev–Trinajstić information content (AvgIpc) is 3.47. The third-order valence-electron chi connectivity index (χ3n) is 5.53. The van der Waals surface area contributed by atoms with E-state index in [1.54, 1.807) is 79.7 Å². The number of thiophene rings is 1. The Labute approximate surface area is 239 Å². The van der Waals surface area contributed by atoms with Gasteiger partial charge in [-0.25, -0.2) is 4.79 Å². The molecule has 0 spiro atoms. The van der Waals surface area contributed by atoms with Gasteiger partial charge in [-0.1, -0.05) is 30.3 Å². The van der Waals surface area contributed by atoms with E-state index in [9.17, 15) is 19.2 Å². The van der Waals surface area contributed by atoms with Crippen molar-refractivity contribution in [1.82, 2.24) is 5.32 Å². The Bertz CT molecular complexity index is 1540. The summed E-state index contributed by atoms with van der Waals surface area (Å²) in [5.74, 6) is -2.22. The summed E-state index contributed by atoms with van der Waals surface area (Å²) in [6.45, 7) is 1.74. The Hall–Kier alpha value is -4.67. The summed E-state index contributed by atoms with van der Waals surface area (Å²) < 4.78 is 0. The normalized spacial score (nSPS) is 11.8. The molecule has 0 bridgehead atoms. The van der Waals surface area contributed by atoms with Gasteiger partial charge >= 0.3 is 5.97 Å². The quantitative estimate of drug-likeness (QED) is 0.137. The molecule has 10 heteroatoms. The lowest BCUT2D eigenvalue weighted by Crippen LogP contribution is -2.30. The molecule has 0 fully saturated rings. The molecular formula is C30H25N3O5S2. The van der Waals surface area contributed by atoms with Gasteiger partial charge in [0.1, 0.15) is 5.70 Å². The highest BCUT2D eigenvalue weighted by Gasteiger charge is 2.17. The monoisotopic (exact) mass is 571 g/mol. The molecule has 0 saturated carbocycles. The van der Waals surface area contributed by atoms with Crippen LogP contribution >= 0.6 is 23.1 Å². The van der Waals surface area contributed by atoms with Crippen molar-refractivity contribution < 1.29 is 24.3 Å². The Morgan fingerprint density at radius 3 is 2.23 bits per heavy atom. The summed E-state index contributed by atoms with van der Waals surface area (Å²) in [5, 5.41) is 18.8. The molecule has 3 aromatic carbocycles. The number of rotatable bonds is 10. The lowest BCUT2D eigenvalue weighted by atomic mass is 10.2. The van der Waals surface area contributed by atoms with Crippen molar-refractivity contribution in [3.63, 3.8) is 0 Å². The maximum absolute atomic E-state index is 13.1. The van der Waals surface area contributed by atoms with E-state index in [4.69, 9.17) is 5.11 Å². The highest BCUT2D eigenvalue weighted by molar-refractivity contribution is 8.00. The summed E-state index contributed by atoms with van der Waals surface area (Å²) in [4.78, 5) is 51.2. The summed E-state index contributed by atoms with van der Waals surface area (Å²) in [6, 6.07) is 25.4. The third-order valence-corrected chi connectivity index (χ3v) is 7.46. The molecule has 1 heterocycles. The molecule has 40 heavy (non-hydrogen) atoms. The number of carbonyl (C=O) groups is 4. The van der Waals surface area contributed by atoms with E-state index < -0.39 is 23.0 Å². The molecule has 0 radical (unpaired) electrons. The van der Waals surface area contributed by atoms with Gasteiger partial charge in [-0.15, -0.1) is 23.1 Å². The van der Waals surface area contributed by atoms with Crippen molar-refractivity contribution >= 4 is 64.2 Å². The van der Waals surface area contributed by atoms with Gasteiger partial charge in [-0.3, -0.25) is 14.4 Å². The lowest BCUT2D eigenvalue weighted by molar-refractivity contribution is -0.115. The van der Waals surface area contributed by atoms with Crippen LogP contribution in [-0.2, 0) is 9.59 Å². The topological polar surface area (TPSA) is 125 Å². The number of thioether (sulfide) groups is 1. The van der Waals surface area contributed by atoms with Gasteiger partial charge in [0.15, 0.2) is 0 Å². The van der Waals surface area contributed by atoms with E-state index >= 15 is 0 Å². The fraction of sp³-hybridized carbons (Fsp3) is 0.0667. The van der Waals surface area contributed by atoms with Crippen LogP contribution in [0.1, 0.15) is 32.5 Å². The van der Waals surface area contributed by atoms with E-state index in [0.29, 0.717) is 16.9 Å². The molecule has 1 atom stereocenters. The van der Waals surface area contributed by atoms with Crippen LogP contribution in [0.3, 0.4) is 0 Å². The molecule has 0 aliphatic carbocycles. The van der Waals surface area contributed by atoms with Crippen LogP contribution in [0, 0.1) is 0 Å². The van der Waals surface area contributed by atoms with Gasteiger partial charge in [0.2, 0.25) is 5.91 Å². The summed E-state index contributed by atoms with van der Waals surface area (Å²) in [6.07, 6.45) is 1.62. The average molecular weight is 572 g/mol. The third kappa shape index (κ3) is 7.92. The molecule has 202 valence electrons. The number of benzene rings is 3. The number of carbonyl (C=O) groups excluding carboxylic acids is 3. The second-order valence-electron chi connectivity index (χ2n) is 8.51. The number of hydrogen-bond donors (Lipinski definition) is 4. The fourth-order valence-electron chi connectivity index (χ4n) is 3.50. The molecular weight excluding hydrogens is 546 g/mol. The van der Waals surface area contributed by atoms with E-state index in [0.717, 1.165) is 9.77 Å². The minimum absolute atomic E-state index is 0.0868. The van der Waals surface area contributed by atoms with Gasteiger partial charge in [0.05, 0.1) is 10.8 Å². The van der Waals surface area contributed by atoms with Crippen LogP contribution in [0.5, 0.6) is 0 Å². The van der Waals surface area contributed by atoms with Crippen LogP contribution in [0.25, 0.3) is 6.08 Å². The van der Waals surface area contributed by atoms with Crippen molar-refractivity contribution in [2.45, 2.75) is 17.1 Å². The number of nitrogens with one attached hydrogen (secondary N) is 3. The number of carboxylic acids is 1. The molecule has 0 saturated heterocycles. The highest BCUT2D eigenvalue weighted by atomic mass is 32.2. The molecule has 1 unspecified atom stereocenters. The zero-order valence-electron chi connectivity index (χ0n) is 21.3. The molecule has 4 rings (SSSR count). The van der Waals surface area contributed by atoms with Crippen molar-refractivity contribution in [2.24, 2.45) is 0 Å². The predicted molar refractivity (Wildman–Crippen MR) is 159 cm³/mol. The number of carboxylic acid groups (broad SMARTS) is 1.